The number of hydrogen-bond donors (Lipinski definition) is 3. The summed E-state index contributed by atoms with van der Waals surface area (Å²) in [6, 6.07) is 42.7. The van der Waals surface area contributed by atoms with Crippen LogP contribution >= 0.6 is 8.53 Å². The molecule has 72 heavy (non-hydrogen) atoms. The van der Waals surface area contributed by atoms with E-state index in [0.717, 1.165) is 27.8 Å². The molecule has 4 N–H and O–H groups in total. The van der Waals surface area contributed by atoms with E-state index in [2.05, 4.69) is 65.1 Å². The van der Waals surface area contributed by atoms with Crippen LogP contribution in [-0.2, 0) is 41.9 Å². The highest BCUT2D eigenvalue weighted by Crippen LogP contribution is 2.51. The Kier molecular flexibility index (Phi) is 17.4. The molecule has 2 aromatic heterocycles. The van der Waals surface area contributed by atoms with Crippen LogP contribution in [0.15, 0.2) is 146 Å². The number of methoxy groups -OCH3 is 2. The summed E-state index contributed by atoms with van der Waals surface area (Å²) >= 11 is 0. The third kappa shape index (κ3) is 12.0. The van der Waals surface area contributed by atoms with Gasteiger partial charge in [0, 0.05) is 37.2 Å². The average Bonchev–Trinajstić information content (AvgIpc) is 4.03. The average molecular weight is 995 g/mol. The Morgan fingerprint density at radius 3 is 2.00 bits per heavy atom. The molecule has 3 heterocycles. The van der Waals surface area contributed by atoms with Crippen molar-refractivity contribution in [3.05, 3.63) is 179 Å². The molecule has 1 fully saturated rings. The van der Waals surface area contributed by atoms with Crippen molar-refractivity contribution in [2.24, 2.45) is 5.73 Å². The summed E-state index contributed by atoms with van der Waals surface area (Å²) in [4.78, 5) is 40.0. The number of anilines is 1. The van der Waals surface area contributed by atoms with Gasteiger partial charge in [0.25, 0.3) is 14.4 Å². The van der Waals surface area contributed by atoms with Gasteiger partial charge in [-0.3, -0.25) is 14.2 Å². The molecule has 5 aromatic carbocycles. The van der Waals surface area contributed by atoms with Gasteiger partial charge >= 0.3 is 0 Å². The summed E-state index contributed by atoms with van der Waals surface area (Å²) in [7, 11) is 1.67. The number of nitrogens with one attached hydrogen (secondary N) is 2. The first kappa shape index (κ1) is 51.7. The fraction of sp³-hybridized carbons (Fsp3) is 0.327. The number of aromatic nitrogens is 4. The smallest absolute Gasteiger partial charge is 0.259 e. The highest BCUT2D eigenvalue weighted by atomic mass is 31.2. The molecule has 376 valence electrons. The van der Waals surface area contributed by atoms with Gasteiger partial charge in [-0.15, -0.1) is 0 Å². The van der Waals surface area contributed by atoms with Crippen molar-refractivity contribution in [3.8, 4) is 11.5 Å². The number of benzene rings is 5. The molecule has 8 rings (SSSR count). The molecule has 4 unspecified atom stereocenters. The largest absolute Gasteiger partial charge is 0.497 e. The summed E-state index contributed by atoms with van der Waals surface area (Å²) in [5, 5.41) is 5.88. The van der Waals surface area contributed by atoms with Crippen LogP contribution in [0.1, 0.15) is 78.5 Å². The van der Waals surface area contributed by atoms with E-state index < -0.39 is 32.6 Å². The first-order valence-electron chi connectivity index (χ1n) is 24.1. The van der Waals surface area contributed by atoms with E-state index >= 15 is 0 Å². The fourth-order valence-electron chi connectivity index (χ4n) is 8.94. The van der Waals surface area contributed by atoms with Gasteiger partial charge < -0.3 is 44.4 Å². The Morgan fingerprint density at radius 1 is 0.792 bits per heavy atom. The summed E-state index contributed by atoms with van der Waals surface area (Å²) in [6.07, 6.45) is 1.89. The number of rotatable bonds is 23. The number of hydrogen-bond acceptors (Lipinski definition) is 13. The van der Waals surface area contributed by atoms with Gasteiger partial charge in [0.05, 0.1) is 46.3 Å². The van der Waals surface area contributed by atoms with E-state index in [4.69, 9.17) is 38.7 Å². The molecule has 2 amide bonds. The van der Waals surface area contributed by atoms with Crippen molar-refractivity contribution in [2.75, 3.05) is 39.3 Å². The normalized spacial score (nSPS) is 16.3. The van der Waals surface area contributed by atoms with Gasteiger partial charge in [-0.1, -0.05) is 97.1 Å². The maximum absolute atomic E-state index is 13.7. The van der Waals surface area contributed by atoms with E-state index in [1.807, 2.05) is 114 Å². The monoisotopic (exact) mass is 994 g/mol. The number of nitrogens with zero attached hydrogens (tertiary/aromatic N) is 5. The number of carbonyl (C=O) groups is 2. The van der Waals surface area contributed by atoms with E-state index in [1.54, 1.807) is 32.7 Å². The molecule has 1 aliphatic heterocycles. The molecule has 17 heteroatoms. The molecule has 4 atom stereocenters. The zero-order valence-electron chi connectivity index (χ0n) is 41.5. The van der Waals surface area contributed by atoms with Crippen molar-refractivity contribution in [1.82, 2.24) is 29.5 Å². The van der Waals surface area contributed by atoms with Crippen LogP contribution in [0.3, 0.4) is 0 Å². The Morgan fingerprint density at radius 2 is 1.40 bits per heavy atom. The first-order chi connectivity index (χ1) is 35.0. The lowest BCUT2D eigenvalue weighted by Crippen LogP contribution is -2.39. The third-order valence-corrected chi connectivity index (χ3v) is 14.6. The number of imidazole rings is 1. The molecule has 16 nitrogen and oxygen atoms in total. The lowest BCUT2D eigenvalue weighted by molar-refractivity contribution is -0.120. The standard InChI is InChI=1S/C55H63N8O8P/c1-37(2)63(38(3)4)72(69-30-29-56)71-47-32-50(70-48(47)34-68-55(42-15-11-8-12-16-42,43-21-25-45(66-5)26-22-43)44-23-27-46(67-6)28-24-44)62-36-60-51-52(58-35-59-53(51)62)61-54(65)41-19-17-40(18-20-41)33-57-49(64)31-39-13-9-7-10-14-39/h7-28,35-38,47-48,50H,29-34,56H2,1-6H3,(H,57,64)(H,58,59,61,65). The van der Waals surface area contributed by atoms with Crippen LogP contribution in [0, 0.1) is 0 Å². The maximum atomic E-state index is 13.7. The van der Waals surface area contributed by atoms with Crippen molar-refractivity contribution < 1.29 is 37.6 Å². The van der Waals surface area contributed by atoms with Crippen LogP contribution < -0.4 is 25.8 Å². The molecule has 0 aliphatic carbocycles. The molecule has 0 spiro atoms. The van der Waals surface area contributed by atoms with Crippen molar-refractivity contribution in [2.45, 2.75) is 83.2 Å². The van der Waals surface area contributed by atoms with Gasteiger partial charge in [0.1, 0.15) is 35.8 Å². The lowest BCUT2D eigenvalue weighted by Gasteiger charge is -2.39. The first-order valence-corrected chi connectivity index (χ1v) is 25.2. The van der Waals surface area contributed by atoms with E-state index in [-0.39, 0.29) is 42.7 Å². The van der Waals surface area contributed by atoms with Crippen molar-refractivity contribution in [1.29, 1.82) is 0 Å². The highest BCUT2D eigenvalue weighted by molar-refractivity contribution is 7.44. The Bertz CT molecular complexity index is 2780. The van der Waals surface area contributed by atoms with Gasteiger partial charge in [-0.2, -0.15) is 0 Å². The number of amides is 2. The van der Waals surface area contributed by atoms with E-state index in [0.29, 0.717) is 54.3 Å². The van der Waals surface area contributed by atoms with E-state index in [1.165, 1.54) is 6.33 Å². The van der Waals surface area contributed by atoms with Gasteiger partial charge in [-0.25, -0.2) is 19.6 Å². The SMILES string of the molecule is COc1ccc(C(OCC2OC(n3cnc4c(NC(=O)c5ccc(CNC(=O)Cc6ccccc6)cc5)ncnc43)CC2OP(OCCN)N(C(C)C)C(C)C)(c2ccccc2)c2ccc(OC)cc2)cc1. The number of nitrogens with two attached hydrogens (primary N) is 1. The topological polar surface area (TPSA) is 186 Å². The second kappa shape index (κ2) is 24.2. The van der Waals surface area contributed by atoms with Gasteiger partial charge in [-0.05, 0) is 91.9 Å². The Balaban J connectivity index is 1.08. The zero-order valence-corrected chi connectivity index (χ0v) is 42.4. The lowest BCUT2D eigenvalue weighted by atomic mass is 9.80. The highest BCUT2D eigenvalue weighted by Gasteiger charge is 2.45. The van der Waals surface area contributed by atoms with Gasteiger partial charge in [0.2, 0.25) is 5.91 Å². The second-order valence-electron chi connectivity index (χ2n) is 17.9. The fourth-order valence-corrected chi connectivity index (χ4v) is 10.7. The van der Waals surface area contributed by atoms with Crippen LogP contribution in [0.25, 0.3) is 11.2 Å². The van der Waals surface area contributed by atoms with Crippen LogP contribution in [0.4, 0.5) is 5.82 Å². The molecule has 0 bridgehead atoms. The second-order valence-corrected chi connectivity index (χ2v) is 19.3. The molecule has 0 saturated carbocycles. The van der Waals surface area contributed by atoms with Crippen LogP contribution in [-0.4, -0.2) is 94.3 Å². The van der Waals surface area contributed by atoms with Gasteiger partial charge in [0.15, 0.2) is 17.0 Å². The summed E-state index contributed by atoms with van der Waals surface area (Å²) in [5.41, 5.74) is 10.6. The molecular formula is C55H63N8O8P. The third-order valence-electron chi connectivity index (χ3n) is 12.4. The predicted molar refractivity (Wildman–Crippen MR) is 277 cm³/mol. The summed E-state index contributed by atoms with van der Waals surface area (Å²) in [5.74, 6) is 1.19. The molecule has 1 saturated heterocycles. The quantitative estimate of drug-likeness (QED) is 0.0408. The molecule has 7 aromatic rings. The molecular weight excluding hydrogens is 932 g/mol. The molecule has 1 aliphatic rings. The maximum Gasteiger partial charge on any atom is 0.259 e. The minimum Gasteiger partial charge on any atom is -0.497 e. The Labute approximate surface area is 422 Å². The summed E-state index contributed by atoms with van der Waals surface area (Å²) in [6.45, 7) is 9.53. The summed E-state index contributed by atoms with van der Waals surface area (Å²) < 4.78 is 43.3. The minimum absolute atomic E-state index is 0.0826. The Hall–Kier alpha value is -6.62. The van der Waals surface area contributed by atoms with Crippen LogP contribution in [0.2, 0.25) is 0 Å². The minimum atomic E-state index is -1.62. The number of ether oxygens (including phenoxy) is 4. The van der Waals surface area contributed by atoms with E-state index in [9.17, 15) is 9.59 Å². The molecule has 0 radical (unpaired) electrons. The number of fused-ring (bicyclic) bond motifs is 1. The van der Waals surface area contributed by atoms with Crippen molar-refractivity contribution in [3.63, 3.8) is 0 Å². The van der Waals surface area contributed by atoms with Crippen LogP contribution in [0.5, 0.6) is 11.5 Å². The zero-order chi connectivity index (χ0) is 50.6. The van der Waals surface area contributed by atoms with Crippen molar-refractivity contribution >= 4 is 37.3 Å². The number of carbonyl (C=O) groups excluding carboxylic acids is 2. The predicted octanol–water partition coefficient (Wildman–Crippen LogP) is 8.96.